The fourth-order valence-electron chi connectivity index (χ4n) is 4.21. The summed E-state index contributed by atoms with van der Waals surface area (Å²) in [5, 5.41) is 9.76. The molecule has 136 valence electrons. The summed E-state index contributed by atoms with van der Waals surface area (Å²) >= 11 is 0. The summed E-state index contributed by atoms with van der Waals surface area (Å²) < 4.78 is 7.84. The second-order valence-corrected chi connectivity index (χ2v) is 7.37. The number of carbonyl (C=O) groups is 1. The Morgan fingerprint density at radius 3 is 2.88 bits per heavy atom. The van der Waals surface area contributed by atoms with Crippen LogP contribution in [0.1, 0.15) is 41.2 Å². The maximum atomic E-state index is 12.7. The summed E-state index contributed by atoms with van der Waals surface area (Å²) in [6.45, 7) is 1.68. The summed E-state index contributed by atoms with van der Waals surface area (Å²) in [6.07, 6.45) is 5.84. The molecule has 2 fully saturated rings. The van der Waals surface area contributed by atoms with E-state index in [2.05, 4.69) is 9.88 Å². The van der Waals surface area contributed by atoms with Gasteiger partial charge in [0.25, 0.3) is 0 Å². The molecule has 2 aromatic heterocycles. The van der Waals surface area contributed by atoms with Gasteiger partial charge in [0.2, 0.25) is 5.43 Å². The van der Waals surface area contributed by atoms with Crippen LogP contribution in [-0.2, 0) is 11.3 Å². The molecule has 3 N–H and O–H groups in total. The third-order valence-electron chi connectivity index (χ3n) is 5.72. The molecular formula is C18H20N4O4. The summed E-state index contributed by atoms with van der Waals surface area (Å²) in [7, 11) is 0. The molecule has 8 nitrogen and oxygen atoms in total. The van der Waals surface area contributed by atoms with Crippen LogP contribution in [0.5, 0.6) is 0 Å². The van der Waals surface area contributed by atoms with Gasteiger partial charge in [0.15, 0.2) is 0 Å². The van der Waals surface area contributed by atoms with Gasteiger partial charge in [-0.05, 0) is 19.3 Å². The zero-order chi connectivity index (χ0) is 18.0. The average molecular weight is 356 g/mol. The molecule has 2 unspecified atom stereocenters. The molecule has 2 aromatic rings. The molecular weight excluding hydrogens is 336 g/mol. The fourth-order valence-corrected chi connectivity index (χ4v) is 4.21. The van der Waals surface area contributed by atoms with Gasteiger partial charge >= 0.3 is 5.97 Å². The number of fused-ring (bicyclic) bond motifs is 5. The third kappa shape index (κ3) is 2.18. The molecule has 1 saturated heterocycles. The number of aromatic carboxylic acids is 1. The molecule has 1 saturated carbocycles. The van der Waals surface area contributed by atoms with Crippen LogP contribution in [0.4, 0.5) is 5.82 Å². The highest BCUT2D eigenvalue weighted by molar-refractivity contribution is 5.94. The Hall–Kier alpha value is -2.45. The van der Waals surface area contributed by atoms with Gasteiger partial charge in [0.05, 0.1) is 30.2 Å². The Morgan fingerprint density at radius 1 is 1.35 bits per heavy atom. The monoisotopic (exact) mass is 356 g/mol. The van der Waals surface area contributed by atoms with Crippen molar-refractivity contribution < 1.29 is 14.6 Å². The number of hydrogen-bond acceptors (Lipinski definition) is 6. The van der Waals surface area contributed by atoms with E-state index in [1.807, 2.05) is 4.57 Å². The maximum absolute atomic E-state index is 12.7. The van der Waals surface area contributed by atoms with Gasteiger partial charge in [0.1, 0.15) is 11.4 Å². The normalized spacial score (nSPS) is 25.0. The van der Waals surface area contributed by atoms with Crippen molar-refractivity contribution in [3.8, 4) is 0 Å². The van der Waals surface area contributed by atoms with Crippen LogP contribution in [0.15, 0.2) is 17.2 Å². The minimum atomic E-state index is -1.21. The number of nitrogens with two attached hydrogens (primary N) is 1. The molecule has 2 atom stereocenters. The lowest BCUT2D eigenvalue weighted by atomic mass is 10.1. The van der Waals surface area contributed by atoms with Crippen LogP contribution < -0.4 is 16.1 Å². The lowest BCUT2D eigenvalue weighted by Crippen LogP contribution is -2.42. The fraction of sp³-hybridized carbons (Fsp3) is 0.500. The predicted molar refractivity (Wildman–Crippen MR) is 94.6 cm³/mol. The predicted octanol–water partition coefficient (Wildman–Crippen LogP) is 0.866. The van der Waals surface area contributed by atoms with Crippen molar-refractivity contribution in [1.82, 2.24) is 9.55 Å². The minimum absolute atomic E-state index is 0.0402. The van der Waals surface area contributed by atoms with Crippen molar-refractivity contribution in [3.05, 3.63) is 33.7 Å². The number of anilines is 1. The first kappa shape index (κ1) is 15.8. The third-order valence-corrected chi connectivity index (χ3v) is 5.72. The van der Waals surface area contributed by atoms with E-state index >= 15 is 0 Å². The Bertz CT molecular complexity index is 981. The van der Waals surface area contributed by atoms with Crippen molar-refractivity contribution in [3.63, 3.8) is 0 Å². The van der Waals surface area contributed by atoms with Crippen molar-refractivity contribution >= 4 is 22.7 Å². The molecule has 26 heavy (non-hydrogen) atoms. The average Bonchev–Trinajstić information content (AvgIpc) is 3.41. The number of ether oxygens (including phenoxy) is 1. The maximum Gasteiger partial charge on any atom is 0.341 e. The molecule has 0 amide bonds. The Kier molecular flexibility index (Phi) is 3.35. The van der Waals surface area contributed by atoms with Crippen LogP contribution >= 0.6 is 0 Å². The Morgan fingerprint density at radius 2 is 2.15 bits per heavy atom. The van der Waals surface area contributed by atoms with E-state index in [4.69, 9.17) is 10.5 Å². The SMILES string of the molecule is NC1CCN2c3ncc4c(=O)c(C(=O)O)cn(C5CC5)c4c3COCC12. The van der Waals surface area contributed by atoms with Gasteiger partial charge in [-0.1, -0.05) is 0 Å². The number of hydrogen-bond donors (Lipinski definition) is 2. The van der Waals surface area contributed by atoms with Gasteiger partial charge in [0, 0.05) is 36.6 Å². The van der Waals surface area contributed by atoms with Crippen molar-refractivity contribution in [2.75, 3.05) is 18.1 Å². The van der Waals surface area contributed by atoms with E-state index in [-0.39, 0.29) is 23.7 Å². The number of aromatic nitrogens is 2. The summed E-state index contributed by atoms with van der Waals surface area (Å²) in [4.78, 5) is 30.9. The molecule has 0 spiro atoms. The second kappa shape index (κ2) is 5.52. The first-order valence-electron chi connectivity index (χ1n) is 8.96. The first-order chi connectivity index (χ1) is 12.6. The Labute approximate surface area is 149 Å². The van der Waals surface area contributed by atoms with E-state index in [9.17, 15) is 14.7 Å². The van der Waals surface area contributed by atoms with Crippen LogP contribution in [-0.4, -0.2) is 45.9 Å². The first-order valence-corrected chi connectivity index (χ1v) is 8.96. The van der Waals surface area contributed by atoms with Crippen molar-refractivity contribution in [2.45, 2.75) is 44.0 Å². The van der Waals surface area contributed by atoms with E-state index in [0.717, 1.165) is 42.7 Å². The van der Waals surface area contributed by atoms with E-state index in [1.165, 1.54) is 12.4 Å². The smallest absolute Gasteiger partial charge is 0.341 e. The van der Waals surface area contributed by atoms with Crippen LogP contribution in [0, 0.1) is 0 Å². The second-order valence-electron chi connectivity index (χ2n) is 7.37. The molecule has 4 heterocycles. The topological polar surface area (TPSA) is 111 Å². The van der Waals surface area contributed by atoms with Gasteiger partial charge < -0.3 is 25.0 Å². The lowest BCUT2D eigenvalue weighted by molar-refractivity contribution is 0.0695. The number of nitrogens with zero attached hydrogens (tertiary/aromatic N) is 3. The number of carboxylic acid groups (broad SMARTS) is 1. The van der Waals surface area contributed by atoms with Crippen LogP contribution in [0.25, 0.3) is 10.9 Å². The van der Waals surface area contributed by atoms with Gasteiger partial charge in [-0.3, -0.25) is 4.79 Å². The van der Waals surface area contributed by atoms with Gasteiger partial charge in [-0.15, -0.1) is 0 Å². The molecule has 3 aliphatic rings. The number of carboxylic acids is 1. The lowest BCUT2D eigenvalue weighted by Gasteiger charge is -2.26. The highest BCUT2D eigenvalue weighted by Crippen LogP contribution is 2.40. The summed E-state index contributed by atoms with van der Waals surface area (Å²) in [5.41, 5.74) is 7.15. The van der Waals surface area contributed by atoms with E-state index < -0.39 is 11.4 Å². The van der Waals surface area contributed by atoms with Crippen molar-refractivity contribution in [2.24, 2.45) is 5.73 Å². The zero-order valence-corrected chi connectivity index (χ0v) is 14.2. The molecule has 0 aromatic carbocycles. The molecule has 0 bridgehead atoms. The highest BCUT2D eigenvalue weighted by Gasteiger charge is 2.37. The zero-order valence-electron chi connectivity index (χ0n) is 14.2. The summed E-state index contributed by atoms with van der Waals surface area (Å²) in [6, 6.07) is 0.349. The number of pyridine rings is 2. The van der Waals surface area contributed by atoms with Crippen molar-refractivity contribution in [1.29, 1.82) is 0 Å². The Balaban J connectivity index is 1.81. The minimum Gasteiger partial charge on any atom is -0.477 e. The van der Waals surface area contributed by atoms with Gasteiger partial charge in [-0.2, -0.15) is 0 Å². The standard InChI is InChI=1S/C18H20N4O4/c19-13-3-4-21-14(13)8-26-7-12-15-10(5-20-17(12)21)16(23)11(18(24)25)6-22(15)9-1-2-9/h5-6,9,13-14H,1-4,7-8,19H2,(H,24,25). The molecule has 2 aliphatic heterocycles. The van der Waals surface area contributed by atoms with Crippen LogP contribution in [0.2, 0.25) is 0 Å². The molecule has 5 rings (SSSR count). The highest BCUT2D eigenvalue weighted by atomic mass is 16.5. The van der Waals surface area contributed by atoms with E-state index in [1.54, 1.807) is 0 Å². The quantitative estimate of drug-likeness (QED) is 0.821. The molecule has 1 aliphatic carbocycles. The summed E-state index contributed by atoms with van der Waals surface area (Å²) in [5.74, 6) is -0.395. The van der Waals surface area contributed by atoms with E-state index in [0.29, 0.717) is 18.6 Å². The van der Waals surface area contributed by atoms with Crippen LogP contribution in [0.3, 0.4) is 0 Å². The molecule has 0 radical (unpaired) electrons. The number of rotatable bonds is 2. The van der Waals surface area contributed by atoms with Gasteiger partial charge in [-0.25, -0.2) is 9.78 Å². The molecule has 8 heteroatoms. The largest absolute Gasteiger partial charge is 0.477 e.